The van der Waals surface area contributed by atoms with Crippen LogP contribution < -0.4 is 5.32 Å². The zero-order valence-corrected chi connectivity index (χ0v) is 25.3. The molecule has 1 N–H and O–H groups in total. The number of carbonyl (C=O) groups excluding carboxylic acids is 5. The second-order valence-corrected chi connectivity index (χ2v) is 12.0. The molecule has 0 saturated carbocycles. The molecule has 0 spiro atoms. The Hall–Kier alpha value is -4.49. The Labute approximate surface area is 261 Å². The van der Waals surface area contributed by atoms with Crippen LogP contribution in [0.2, 0.25) is 0 Å². The van der Waals surface area contributed by atoms with Gasteiger partial charge in [0.25, 0.3) is 5.91 Å². The van der Waals surface area contributed by atoms with Gasteiger partial charge < -0.3 is 10.1 Å². The lowest BCUT2D eigenvalue weighted by Crippen LogP contribution is -2.71. The number of hydrogen-bond donors (Lipinski definition) is 1. The van der Waals surface area contributed by atoms with Gasteiger partial charge >= 0.3 is 17.9 Å². The molecule has 0 bridgehead atoms. The van der Waals surface area contributed by atoms with Crippen molar-refractivity contribution >= 4 is 52.8 Å². The number of unbranched alkanes of at least 4 members (excludes halogenated alkanes) is 1. The van der Waals surface area contributed by atoms with Crippen LogP contribution in [0.5, 0.6) is 0 Å². The zero-order valence-electron chi connectivity index (χ0n) is 23.7. The van der Waals surface area contributed by atoms with E-state index in [4.69, 9.17) is 9.62 Å². The number of nitrogens with one attached hydrogen (secondary N) is 1. The highest BCUT2D eigenvalue weighted by Gasteiger charge is 2.55. The molecule has 3 heterocycles. The summed E-state index contributed by atoms with van der Waals surface area (Å²) < 4.78 is 6.00. The molecule has 1 unspecified atom stereocenters. The molecule has 228 valence electrons. The molecule has 2 aromatic carbocycles. The number of ether oxygens (including phenoxy) is 1. The summed E-state index contributed by atoms with van der Waals surface area (Å²) in [6.07, 6.45) is 2.07. The van der Waals surface area contributed by atoms with Crippen LogP contribution in [0.4, 0.5) is 0 Å². The van der Waals surface area contributed by atoms with Crippen molar-refractivity contribution in [1.29, 1.82) is 0 Å². The number of rotatable bonds is 11. The van der Waals surface area contributed by atoms with Gasteiger partial charge in [-0.2, -0.15) is 0 Å². The van der Waals surface area contributed by atoms with E-state index in [0.29, 0.717) is 22.6 Å². The van der Waals surface area contributed by atoms with Crippen molar-refractivity contribution in [2.45, 2.75) is 50.1 Å². The fourth-order valence-corrected chi connectivity index (χ4v) is 6.65. The number of thioether (sulfide) groups is 1. The number of β-lactam (4-membered cyclic amide) rings is 1. The molecule has 0 aliphatic carbocycles. The quantitative estimate of drug-likeness (QED) is 0.143. The maximum atomic E-state index is 13.9. The fourth-order valence-electron chi connectivity index (χ4n) is 4.71. The number of benzene rings is 2. The summed E-state index contributed by atoms with van der Waals surface area (Å²) in [6.45, 7) is 1.90. The van der Waals surface area contributed by atoms with Crippen LogP contribution in [0.25, 0.3) is 0 Å². The maximum absolute atomic E-state index is 13.9. The molecule has 3 aromatic rings. The third-order valence-electron chi connectivity index (χ3n) is 6.89. The maximum Gasteiger partial charge on any atom is 0.385 e. The average Bonchev–Trinajstić information content (AvgIpc) is 3.56. The van der Waals surface area contributed by atoms with E-state index in [9.17, 15) is 24.0 Å². The Morgan fingerprint density at radius 2 is 1.68 bits per heavy atom. The first-order valence-corrected chi connectivity index (χ1v) is 15.9. The van der Waals surface area contributed by atoms with E-state index in [1.54, 1.807) is 60.1 Å². The van der Waals surface area contributed by atoms with Crippen molar-refractivity contribution in [3.63, 3.8) is 0 Å². The van der Waals surface area contributed by atoms with Gasteiger partial charge in [-0.25, -0.2) is 29.1 Å². The molecular formula is C31H29N3O8S2. The van der Waals surface area contributed by atoms with Crippen LogP contribution >= 0.6 is 23.1 Å². The highest BCUT2D eigenvalue weighted by atomic mass is 32.2. The number of nitrogens with zero attached hydrogens (tertiary/aromatic N) is 2. The molecule has 2 aliphatic rings. The van der Waals surface area contributed by atoms with Gasteiger partial charge in [-0.3, -0.25) is 14.5 Å². The lowest BCUT2D eigenvalue weighted by atomic mass is 10.0. The van der Waals surface area contributed by atoms with Gasteiger partial charge in [0.2, 0.25) is 5.91 Å². The third-order valence-corrected chi connectivity index (χ3v) is 8.95. The van der Waals surface area contributed by atoms with E-state index in [1.165, 1.54) is 11.3 Å². The summed E-state index contributed by atoms with van der Waals surface area (Å²) in [6, 6.07) is 17.1. The molecule has 0 radical (unpaired) electrons. The monoisotopic (exact) mass is 635 g/mol. The Bertz CT molecular complexity index is 1510. The summed E-state index contributed by atoms with van der Waals surface area (Å²) in [4.78, 5) is 79.9. The first-order valence-electron chi connectivity index (χ1n) is 14.0. The van der Waals surface area contributed by atoms with Gasteiger partial charge in [0.1, 0.15) is 22.1 Å². The highest BCUT2D eigenvalue weighted by Crippen LogP contribution is 2.42. The predicted octanol–water partition coefficient (Wildman–Crippen LogP) is 3.86. The predicted molar refractivity (Wildman–Crippen MR) is 160 cm³/mol. The molecular weight excluding hydrogens is 606 g/mol. The van der Waals surface area contributed by atoms with Crippen LogP contribution in [-0.2, 0) is 44.9 Å². The van der Waals surface area contributed by atoms with Crippen molar-refractivity contribution in [3.05, 3.63) is 99.6 Å². The van der Waals surface area contributed by atoms with Crippen LogP contribution in [0, 0.1) is 0 Å². The van der Waals surface area contributed by atoms with Crippen molar-refractivity contribution in [1.82, 2.24) is 15.2 Å². The molecule has 13 heteroatoms. The van der Waals surface area contributed by atoms with Gasteiger partial charge in [0.05, 0.1) is 18.4 Å². The normalized spacial score (nSPS) is 17.4. The van der Waals surface area contributed by atoms with Crippen molar-refractivity contribution in [3.8, 4) is 0 Å². The molecule has 2 amide bonds. The Kier molecular flexibility index (Phi) is 10.1. The minimum atomic E-state index is -1.09. The largest absolute Gasteiger partial charge is 0.448 e. The highest BCUT2D eigenvalue weighted by molar-refractivity contribution is 8.00. The molecule has 1 aromatic heterocycles. The standard InChI is InChI=1S/C31H29N3O8S2/c1-2-3-14-24(36)41-42-30(38)21-18-44-29-25(33-22(35)17-23-32-15-16-43-23)28(37)34(29)26(21)31(39)40-27(19-10-6-4-7-11-19)20-12-8-5-9-13-20/h4-13,15-16,25,27,29H,2-3,14,17-18H2,1H3,(H,33,35)/t25?,29-/m1/s1. The number of fused-ring (bicyclic) bond motifs is 1. The first kappa shape index (κ1) is 31.0. The van der Waals surface area contributed by atoms with E-state index in [1.807, 2.05) is 19.1 Å². The van der Waals surface area contributed by atoms with Gasteiger partial charge in [-0.15, -0.1) is 23.1 Å². The number of hydrogen-bond acceptors (Lipinski definition) is 11. The number of thiazole rings is 1. The minimum absolute atomic E-state index is 0.000374. The molecule has 5 rings (SSSR count). The molecule has 2 atom stereocenters. The molecule has 2 aliphatic heterocycles. The Balaban J connectivity index is 1.41. The van der Waals surface area contributed by atoms with Crippen LogP contribution in [0.15, 0.2) is 83.5 Å². The summed E-state index contributed by atoms with van der Waals surface area (Å²) in [5, 5.41) is 4.38. The first-order chi connectivity index (χ1) is 21.4. The molecule has 11 nitrogen and oxygen atoms in total. The SMILES string of the molecule is CCCCC(=O)OOC(=O)C1=C(C(=O)OC(c2ccccc2)c2ccccc2)N2C(=O)C(NC(=O)Cc3nccs3)[C@H]2SC1. The smallest absolute Gasteiger partial charge is 0.385 e. The number of esters is 1. The van der Waals surface area contributed by atoms with Crippen LogP contribution in [0.3, 0.4) is 0 Å². The van der Waals surface area contributed by atoms with E-state index in [2.05, 4.69) is 15.2 Å². The van der Waals surface area contributed by atoms with Crippen molar-refractivity contribution < 1.29 is 38.5 Å². The van der Waals surface area contributed by atoms with E-state index >= 15 is 0 Å². The summed E-state index contributed by atoms with van der Waals surface area (Å²) in [7, 11) is 0. The third kappa shape index (κ3) is 7.00. The molecule has 1 saturated heterocycles. The van der Waals surface area contributed by atoms with Gasteiger partial charge in [-0.05, 0) is 17.5 Å². The Morgan fingerprint density at radius 1 is 1.00 bits per heavy atom. The van der Waals surface area contributed by atoms with Gasteiger partial charge in [-0.1, -0.05) is 74.0 Å². The average molecular weight is 636 g/mol. The van der Waals surface area contributed by atoms with Gasteiger partial charge in [0.15, 0.2) is 6.10 Å². The van der Waals surface area contributed by atoms with Crippen LogP contribution in [0.1, 0.15) is 48.4 Å². The van der Waals surface area contributed by atoms with Crippen molar-refractivity contribution in [2.24, 2.45) is 0 Å². The van der Waals surface area contributed by atoms with E-state index in [-0.39, 0.29) is 29.9 Å². The van der Waals surface area contributed by atoms with E-state index in [0.717, 1.165) is 23.1 Å². The number of amides is 2. The molecule has 44 heavy (non-hydrogen) atoms. The second kappa shape index (κ2) is 14.3. The summed E-state index contributed by atoms with van der Waals surface area (Å²) in [5.74, 6) is -3.83. The van der Waals surface area contributed by atoms with Crippen molar-refractivity contribution in [2.75, 3.05) is 5.75 Å². The topological polar surface area (TPSA) is 141 Å². The number of carbonyl (C=O) groups is 5. The Morgan fingerprint density at radius 3 is 2.30 bits per heavy atom. The lowest BCUT2D eigenvalue weighted by molar-refractivity contribution is -0.255. The number of aromatic nitrogens is 1. The minimum Gasteiger partial charge on any atom is -0.448 e. The molecule has 1 fully saturated rings. The summed E-state index contributed by atoms with van der Waals surface area (Å²) >= 11 is 2.48. The fraction of sp³-hybridized carbons (Fsp3) is 0.290. The second-order valence-electron chi connectivity index (χ2n) is 9.92. The zero-order chi connectivity index (χ0) is 31.1. The lowest BCUT2D eigenvalue weighted by Gasteiger charge is -2.49. The van der Waals surface area contributed by atoms with Gasteiger partial charge in [0, 0.05) is 17.3 Å². The van der Waals surface area contributed by atoms with Crippen LogP contribution in [-0.4, -0.2) is 56.8 Å². The summed E-state index contributed by atoms with van der Waals surface area (Å²) in [5.41, 5.74) is 0.826. The van der Waals surface area contributed by atoms with E-state index < -0.39 is 47.2 Å².